The number of hydrazone groups is 1. The number of aromatic nitrogens is 1. The predicted molar refractivity (Wildman–Crippen MR) is 86.8 cm³/mol. The van der Waals surface area contributed by atoms with Gasteiger partial charge in [0.2, 0.25) is 0 Å². The van der Waals surface area contributed by atoms with Crippen LogP contribution in [0, 0.1) is 0 Å². The highest BCUT2D eigenvalue weighted by molar-refractivity contribution is 7.17. The molecule has 1 amide bonds. The van der Waals surface area contributed by atoms with Gasteiger partial charge in [-0.2, -0.15) is 5.10 Å². The van der Waals surface area contributed by atoms with Crippen molar-refractivity contribution < 1.29 is 4.79 Å². The minimum atomic E-state index is -0.275. The van der Waals surface area contributed by atoms with Gasteiger partial charge in [0.1, 0.15) is 4.88 Å². The maximum Gasteiger partial charge on any atom is 0.283 e. The van der Waals surface area contributed by atoms with E-state index in [9.17, 15) is 4.79 Å². The van der Waals surface area contributed by atoms with Crippen molar-refractivity contribution in [2.75, 3.05) is 5.73 Å². The molecule has 0 aliphatic carbocycles. The first-order valence-electron chi connectivity index (χ1n) is 6.81. The molecule has 0 fully saturated rings. The molecule has 0 aliphatic rings. The Morgan fingerprint density at radius 2 is 2.05 bits per heavy atom. The number of nitrogens with one attached hydrogen (secondary N) is 1. The van der Waals surface area contributed by atoms with Gasteiger partial charge in [0.25, 0.3) is 5.91 Å². The molecule has 0 unspecified atom stereocenters. The van der Waals surface area contributed by atoms with Crippen LogP contribution in [0.15, 0.2) is 29.4 Å². The smallest absolute Gasteiger partial charge is 0.283 e. The van der Waals surface area contributed by atoms with Crippen LogP contribution in [0.1, 0.15) is 40.3 Å². The number of anilines is 1. The number of benzene rings is 1. The largest absolute Gasteiger partial charge is 0.375 e. The third-order valence-electron chi connectivity index (χ3n) is 3.02. The highest BCUT2D eigenvalue weighted by Gasteiger charge is 2.15. The topological polar surface area (TPSA) is 80.4 Å². The first kappa shape index (κ1) is 15.2. The van der Waals surface area contributed by atoms with E-state index in [2.05, 4.69) is 22.4 Å². The number of nitrogens with two attached hydrogens (primary N) is 1. The number of rotatable bonds is 5. The van der Waals surface area contributed by atoms with Gasteiger partial charge in [-0.3, -0.25) is 4.79 Å². The summed E-state index contributed by atoms with van der Waals surface area (Å²) in [6.07, 6.45) is 3.28. The first-order chi connectivity index (χ1) is 10.1. The zero-order valence-electron chi connectivity index (χ0n) is 12.1. The SMILES string of the molecule is CCc1ccc(C=NNC(=O)c2sc(N)nc2CC)cc1. The lowest BCUT2D eigenvalue weighted by molar-refractivity contribution is 0.0958. The molecule has 1 aromatic carbocycles. The highest BCUT2D eigenvalue weighted by Crippen LogP contribution is 2.20. The van der Waals surface area contributed by atoms with Crippen LogP contribution in [0.2, 0.25) is 0 Å². The number of aryl methyl sites for hydroxylation is 2. The second-order valence-electron chi connectivity index (χ2n) is 4.48. The summed E-state index contributed by atoms with van der Waals surface area (Å²) in [6.45, 7) is 4.04. The van der Waals surface area contributed by atoms with Crippen molar-refractivity contribution in [2.45, 2.75) is 26.7 Å². The van der Waals surface area contributed by atoms with Crippen LogP contribution in [0.5, 0.6) is 0 Å². The average molecular weight is 302 g/mol. The molecule has 2 rings (SSSR count). The molecule has 0 saturated carbocycles. The Balaban J connectivity index is 2.01. The van der Waals surface area contributed by atoms with Gasteiger partial charge < -0.3 is 5.73 Å². The standard InChI is InChI=1S/C15H18N4OS/c1-3-10-5-7-11(8-6-10)9-17-19-14(20)13-12(4-2)18-15(16)21-13/h5-9H,3-4H2,1-2H3,(H2,16,18)(H,19,20). The number of nitrogen functional groups attached to an aromatic ring is 1. The monoisotopic (exact) mass is 302 g/mol. The number of carbonyl (C=O) groups excluding carboxylic acids is 1. The van der Waals surface area contributed by atoms with E-state index in [0.717, 1.165) is 12.0 Å². The molecule has 0 bridgehead atoms. The number of hydrogen-bond donors (Lipinski definition) is 2. The summed E-state index contributed by atoms with van der Waals surface area (Å²) in [4.78, 5) is 16.7. The van der Waals surface area contributed by atoms with E-state index in [1.807, 2.05) is 31.2 Å². The molecule has 1 aromatic heterocycles. The van der Waals surface area contributed by atoms with E-state index in [-0.39, 0.29) is 5.91 Å². The molecule has 0 aliphatic heterocycles. The summed E-state index contributed by atoms with van der Waals surface area (Å²) in [6, 6.07) is 8.03. The summed E-state index contributed by atoms with van der Waals surface area (Å²) in [5.74, 6) is -0.275. The summed E-state index contributed by atoms with van der Waals surface area (Å²) >= 11 is 1.18. The second kappa shape index (κ2) is 6.99. The van der Waals surface area contributed by atoms with Crippen molar-refractivity contribution in [3.8, 4) is 0 Å². The van der Waals surface area contributed by atoms with Crippen LogP contribution in [0.25, 0.3) is 0 Å². The molecule has 0 radical (unpaired) electrons. The van der Waals surface area contributed by atoms with Gasteiger partial charge in [-0.15, -0.1) is 0 Å². The summed E-state index contributed by atoms with van der Waals surface area (Å²) in [7, 11) is 0. The summed E-state index contributed by atoms with van der Waals surface area (Å²) < 4.78 is 0. The maximum atomic E-state index is 12.0. The molecular weight excluding hydrogens is 284 g/mol. The fourth-order valence-corrected chi connectivity index (χ4v) is 2.65. The lowest BCUT2D eigenvalue weighted by Gasteiger charge is -1.99. The zero-order valence-corrected chi connectivity index (χ0v) is 12.9. The lowest BCUT2D eigenvalue weighted by Crippen LogP contribution is -2.17. The van der Waals surface area contributed by atoms with Crippen LogP contribution in [0.4, 0.5) is 5.13 Å². The quantitative estimate of drug-likeness (QED) is 0.658. The molecule has 0 saturated heterocycles. The van der Waals surface area contributed by atoms with E-state index in [1.54, 1.807) is 6.21 Å². The Hall–Kier alpha value is -2.21. The fourth-order valence-electron chi connectivity index (χ4n) is 1.84. The number of nitrogens with zero attached hydrogens (tertiary/aromatic N) is 2. The van der Waals surface area contributed by atoms with E-state index >= 15 is 0 Å². The average Bonchev–Trinajstić information content (AvgIpc) is 2.89. The molecule has 3 N–H and O–H groups in total. The Bertz CT molecular complexity index is 646. The highest BCUT2D eigenvalue weighted by atomic mass is 32.1. The van der Waals surface area contributed by atoms with Gasteiger partial charge in [-0.1, -0.05) is 49.4 Å². The number of amides is 1. The fraction of sp³-hybridized carbons (Fsp3) is 0.267. The van der Waals surface area contributed by atoms with Crippen molar-refractivity contribution in [3.05, 3.63) is 46.0 Å². The van der Waals surface area contributed by atoms with Gasteiger partial charge in [0.15, 0.2) is 5.13 Å². The van der Waals surface area contributed by atoms with Gasteiger partial charge in [0, 0.05) is 0 Å². The number of hydrogen-bond acceptors (Lipinski definition) is 5. The van der Waals surface area contributed by atoms with Crippen LogP contribution in [-0.4, -0.2) is 17.1 Å². The maximum absolute atomic E-state index is 12.0. The van der Waals surface area contributed by atoms with Gasteiger partial charge >= 0.3 is 0 Å². The number of carbonyl (C=O) groups is 1. The van der Waals surface area contributed by atoms with E-state index < -0.39 is 0 Å². The van der Waals surface area contributed by atoms with E-state index in [0.29, 0.717) is 22.1 Å². The molecule has 0 atom stereocenters. The van der Waals surface area contributed by atoms with Crippen molar-refractivity contribution in [3.63, 3.8) is 0 Å². The van der Waals surface area contributed by atoms with Gasteiger partial charge in [0.05, 0.1) is 11.9 Å². The number of thiazole rings is 1. The normalized spacial score (nSPS) is 11.0. The molecule has 5 nitrogen and oxygen atoms in total. The van der Waals surface area contributed by atoms with Gasteiger partial charge in [-0.05, 0) is 24.0 Å². The third kappa shape index (κ3) is 3.88. The van der Waals surface area contributed by atoms with Crippen LogP contribution in [0.3, 0.4) is 0 Å². The second-order valence-corrected chi connectivity index (χ2v) is 5.51. The Morgan fingerprint density at radius 3 is 2.67 bits per heavy atom. The molecule has 110 valence electrons. The van der Waals surface area contributed by atoms with Crippen molar-refractivity contribution in [1.29, 1.82) is 0 Å². The predicted octanol–water partition coefficient (Wildman–Crippen LogP) is 2.61. The molecule has 6 heteroatoms. The third-order valence-corrected chi connectivity index (χ3v) is 3.95. The Kier molecular flexibility index (Phi) is 5.05. The molecule has 0 spiro atoms. The van der Waals surface area contributed by atoms with Crippen molar-refractivity contribution in [1.82, 2.24) is 10.4 Å². The van der Waals surface area contributed by atoms with Crippen LogP contribution >= 0.6 is 11.3 Å². The van der Waals surface area contributed by atoms with Crippen LogP contribution in [-0.2, 0) is 12.8 Å². The molecular formula is C15H18N4OS. The Labute approximate surface area is 127 Å². The minimum Gasteiger partial charge on any atom is -0.375 e. The molecule has 21 heavy (non-hydrogen) atoms. The lowest BCUT2D eigenvalue weighted by atomic mass is 10.1. The minimum absolute atomic E-state index is 0.275. The molecule has 2 aromatic rings. The first-order valence-corrected chi connectivity index (χ1v) is 7.63. The molecule has 1 heterocycles. The summed E-state index contributed by atoms with van der Waals surface area (Å²) in [5.41, 5.74) is 11.0. The zero-order chi connectivity index (χ0) is 15.2. The van der Waals surface area contributed by atoms with E-state index in [4.69, 9.17) is 5.73 Å². The van der Waals surface area contributed by atoms with Crippen molar-refractivity contribution in [2.24, 2.45) is 5.10 Å². The summed E-state index contributed by atoms with van der Waals surface area (Å²) in [5, 5.41) is 4.37. The van der Waals surface area contributed by atoms with Gasteiger partial charge in [-0.25, -0.2) is 10.4 Å². The Morgan fingerprint density at radius 1 is 1.33 bits per heavy atom. The van der Waals surface area contributed by atoms with Crippen molar-refractivity contribution >= 4 is 28.6 Å². The van der Waals surface area contributed by atoms with E-state index in [1.165, 1.54) is 16.9 Å². The van der Waals surface area contributed by atoms with Crippen LogP contribution < -0.4 is 11.2 Å².